The number of methoxy groups -OCH3 is 2. The molecule has 25 heavy (non-hydrogen) atoms. The summed E-state index contributed by atoms with van der Waals surface area (Å²) in [4.78, 5) is 11.9. The lowest BCUT2D eigenvalue weighted by Gasteiger charge is -2.10. The van der Waals surface area contributed by atoms with Crippen LogP contribution in [0.4, 0.5) is 0 Å². The molecular formula is C19H22N2O4. The van der Waals surface area contributed by atoms with Gasteiger partial charge in [0.15, 0.2) is 18.1 Å². The van der Waals surface area contributed by atoms with Crippen molar-refractivity contribution in [1.82, 2.24) is 5.43 Å². The first-order chi connectivity index (χ1) is 12.1. The Hall–Kier alpha value is -3.02. The van der Waals surface area contributed by atoms with Gasteiger partial charge in [-0.2, -0.15) is 5.10 Å². The molecular weight excluding hydrogens is 320 g/mol. The lowest BCUT2D eigenvalue weighted by atomic mass is 10.1. The molecule has 6 heteroatoms. The minimum Gasteiger partial charge on any atom is -0.493 e. The quantitative estimate of drug-likeness (QED) is 0.620. The number of benzene rings is 2. The first kappa shape index (κ1) is 18.3. The highest BCUT2D eigenvalue weighted by Gasteiger charge is 2.08. The van der Waals surface area contributed by atoms with E-state index in [4.69, 9.17) is 14.2 Å². The average molecular weight is 342 g/mol. The molecule has 6 nitrogen and oxygen atoms in total. The highest BCUT2D eigenvalue weighted by atomic mass is 16.5. The van der Waals surface area contributed by atoms with E-state index in [0.29, 0.717) is 22.8 Å². The Labute approximate surface area is 147 Å². The second-order valence-electron chi connectivity index (χ2n) is 5.36. The smallest absolute Gasteiger partial charge is 0.277 e. The molecule has 0 unspecified atom stereocenters. The first-order valence-electron chi connectivity index (χ1n) is 7.78. The monoisotopic (exact) mass is 342 g/mol. The van der Waals surface area contributed by atoms with Gasteiger partial charge in [-0.3, -0.25) is 4.79 Å². The fraction of sp³-hybridized carbons (Fsp3) is 0.263. The summed E-state index contributed by atoms with van der Waals surface area (Å²) in [5, 5.41) is 3.94. The molecule has 0 spiro atoms. The molecule has 0 aliphatic carbocycles. The third kappa shape index (κ3) is 4.73. The van der Waals surface area contributed by atoms with Gasteiger partial charge in [-0.25, -0.2) is 5.43 Å². The standard InChI is InChI=1S/C19H22N2O4/c1-13-7-5-9-16(14(13)2)25-12-18(22)21-20-11-15-8-6-10-17(23-3)19(15)24-4/h5-11H,12H2,1-4H3,(H,21,22)/b20-11-. The second-order valence-corrected chi connectivity index (χ2v) is 5.36. The Morgan fingerprint density at radius 2 is 1.80 bits per heavy atom. The van der Waals surface area contributed by atoms with Gasteiger partial charge in [-0.15, -0.1) is 0 Å². The zero-order chi connectivity index (χ0) is 18.2. The molecule has 0 heterocycles. The number of aryl methyl sites for hydroxylation is 1. The van der Waals surface area contributed by atoms with Crippen LogP contribution in [0.1, 0.15) is 16.7 Å². The number of rotatable bonds is 7. The first-order valence-corrected chi connectivity index (χ1v) is 7.78. The van der Waals surface area contributed by atoms with E-state index in [2.05, 4.69) is 10.5 Å². The Morgan fingerprint density at radius 3 is 2.52 bits per heavy atom. The number of amides is 1. The summed E-state index contributed by atoms with van der Waals surface area (Å²) in [6.07, 6.45) is 1.50. The second kappa shape index (κ2) is 8.73. The Bertz CT molecular complexity index is 772. The van der Waals surface area contributed by atoms with Crippen LogP contribution in [-0.2, 0) is 4.79 Å². The molecule has 2 aromatic carbocycles. The van der Waals surface area contributed by atoms with Crippen LogP contribution in [0, 0.1) is 13.8 Å². The molecule has 0 aliphatic rings. The van der Waals surface area contributed by atoms with E-state index in [0.717, 1.165) is 11.1 Å². The van der Waals surface area contributed by atoms with Crippen LogP contribution in [0.15, 0.2) is 41.5 Å². The normalized spacial score (nSPS) is 10.6. The highest BCUT2D eigenvalue weighted by molar-refractivity contribution is 5.86. The van der Waals surface area contributed by atoms with E-state index in [1.165, 1.54) is 6.21 Å². The lowest BCUT2D eigenvalue weighted by molar-refractivity contribution is -0.123. The molecule has 1 N–H and O–H groups in total. The summed E-state index contributed by atoms with van der Waals surface area (Å²) in [6.45, 7) is 3.83. The van der Waals surface area contributed by atoms with Crippen molar-refractivity contribution in [2.24, 2.45) is 5.10 Å². The average Bonchev–Trinajstić information content (AvgIpc) is 2.62. The van der Waals surface area contributed by atoms with Crippen LogP contribution in [0.2, 0.25) is 0 Å². The number of hydrogen-bond donors (Lipinski definition) is 1. The van der Waals surface area contributed by atoms with Gasteiger partial charge < -0.3 is 14.2 Å². The molecule has 132 valence electrons. The SMILES string of the molecule is COc1cccc(/C=N\NC(=O)COc2cccc(C)c2C)c1OC. The third-order valence-electron chi connectivity index (χ3n) is 3.74. The molecule has 0 fully saturated rings. The minimum absolute atomic E-state index is 0.114. The van der Waals surface area contributed by atoms with Crippen molar-refractivity contribution in [3.05, 3.63) is 53.1 Å². The number of nitrogens with zero attached hydrogens (tertiary/aromatic N) is 1. The van der Waals surface area contributed by atoms with Crippen LogP contribution < -0.4 is 19.6 Å². The Morgan fingerprint density at radius 1 is 1.08 bits per heavy atom. The van der Waals surface area contributed by atoms with E-state index in [-0.39, 0.29) is 12.5 Å². The van der Waals surface area contributed by atoms with E-state index in [1.807, 2.05) is 44.2 Å². The molecule has 1 amide bonds. The number of hydrogen-bond acceptors (Lipinski definition) is 5. The molecule has 0 atom stereocenters. The largest absolute Gasteiger partial charge is 0.493 e. The maximum absolute atomic E-state index is 11.9. The van der Waals surface area contributed by atoms with Crippen LogP contribution in [0.5, 0.6) is 17.2 Å². The molecule has 0 saturated heterocycles. The van der Waals surface area contributed by atoms with Crippen molar-refractivity contribution in [3.63, 3.8) is 0 Å². The number of hydrazone groups is 1. The maximum atomic E-state index is 11.9. The van der Waals surface area contributed by atoms with E-state index in [1.54, 1.807) is 20.3 Å². The van der Waals surface area contributed by atoms with E-state index < -0.39 is 0 Å². The van der Waals surface area contributed by atoms with Crippen LogP contribution in [0.25, 0.3) is 0 Å². The van der Waals surface area contributed by atoms with E-state index in [9.17, 15) is 4.79 Å². The number of carbonyl (C=O) groups excluding carboxylic acids is 1. The number of nitrogens with one attached hydrogen (secondary N) is 1. The van der Waals surface area contributed by atoms with Crippen molar-refractivity contribution >= 4 is 12.1 Å². The van der Waals surface area contributed by atoms with Crippen LogP contribution in [0.3, 0.4) is 0 Å². The molecule has 0 aromatic heterocycles. The van der Waals surface area contributed by atoms with Crippen molar-refractivity contribution in [2.45, 2.75) is 13.8 Å². The highest BCUT2D eigenvalue weighted by Crippen LogP contribution is 2.29. The van der Waals surface area contributed by atoms with Crippen molar-refractivity contribution in [3.8, 4) is 17.2 Å². The zero-order valence-electron chi connectivity index (χ0n) is 14.8. The lowest BCUT2D eigenvalue weighted by Crippen LogP contribution is -2.24. The van der Waals surface area contributed by atoms with Crippen LogP contribution in [-0.4, -0.2) is 32.9 Å². The fourth-order valence-corrected chi connectivity index (χ4v) is 2.24. The topological polar surface area (TPSA) is 69.2 Å². The Balaban J connectivity index is 1.94. The Kier molecular flexibility index (Phi) is 6.39. The van der Waals surface area contributed by atoms with Gasteiger partial charge in [-0.05, 0) is 43.2 Å². The van der Waals surface area contributed by atoms with Gasteiger partial charge in [0.2, 0.25) is 0 Å². The van der Waals surface area contributed by atoms with Crippen molar-refractivity contribution in [1.29, 1.82) is 0 Å². The molecule has 0 radical (unpaired) electrons. The van der Waals surface area contributed by atoms with Gasteiger partial charge in [0.05, 0.1) is 20.4 Å². The summed E-state index contributed by atoms with van der Waals surface area (Å²) in [5.74, 6) is 1.48. The fourth-order valence-electron chi connectivity index (χ4n) is 2.24. The third-order valence-corrected chi connectivity index (χ3v) is 3.74. The molecule has 0 saturated carbocycles. The zero-order valence-corrected chi connectivity index (χ0v) is 14.8. The number of ether oxygens (including phenoxy) is 3. The minimum atomic E-state index is -0.348. The predicted molar refractivity (Wildman–Crippen MR) is 96.7 cm³/mol. The van der Waals surface area contributed by atoms with Gasteiger partial charge in [0, 0.05) is 5.56 Å². The van der Waals surface area contributed by atoms with Crippen LogP contribution >= 0.6 is 0 Å². The van der Waals surface area contributed by atoms with Gasteiger partial charge in [-0.1, -0.05) is 18.2 Å². The summed E-state index contributed by atoms with van der Waals surface area (Å²) in [7, 11) is 3.11. The van der Waals surface area contributed by atoms with E-state index >= 15 is 0 Å². The molecule has 2 rings (SSSR count). The molecule has 2 aromatic rings. The van der Waals surface area contributed by atoms with Crippen molar-refractivity contribution < 1.29 is 19.0 Å². The number of carbonyl (C=O) groups is 1. The summed E-state index contributed by atoms with van der Waals surface area (Å²) >= 11 is 0. The maximum Gasteiger partial charge on any atom is 0.277 e. The van der Waals surface area contributed by atoms with Gasteiger partial charge in [0.25, 0.3) is 5.91 Å². The van der Waals surface area contributed by atoms with Gasteiger partial charge >= 0.3 is 0 Å². The summed E-state index contributed by atoms with van der Waals surface area (Å²) < 4.78 is 16.1. The number of para-hydroxylation sites is 1. The predicted octanol–water partition coefficient (Wildman–Crippen LogP) is 2.85. The van der Waals surface area contributed by atoms with Crippen molar-refractivity contribution in [2.75, 3.05) is 20.8 Å². The van der Waals surface area contributed by atoms with Gasteiger partial charge in [0.1, 0.15) is 5.75 Å². The molecule has 0 aliphatic heterocycles. The molecule has 0 bridgehead atoms. The summed E-state index contributed by atoms with van der Waals surface area (Å²) in [5.41, 5.74) is 5.25. The summed E-state index contributed by atoms with van der Waals surface area (Å²) in [6, 6.07) is 11.1.